The van der Waals surface area contributed by atoms with Crippen LogP contribution in [-0.4, -0.2) is 16.9 Å². The molecular weight excluding hydrogens is 286 g/mol. The standard InChI is InChI=1S/C19H23N3O/c20-18-12-4-1-5-13(18)11-14(10-12)19(23)22-17-8-2-7-16-15(17)6-3-9-21-16/h2-3,6-9,12-14,18H,1,4-5,10-11,20H2,(H,22,23). The van der Waals surface area contributed by atoms with Gasteiger partial charge in [-0.3, -0.25) is 9.78 Å². The van der Waals surface area contributed by atoms with Gasteiger partial charge >= 0.3 is 0 Å². The minimum atomic E-state index is 0.0945. The maximum Gasteiger partial charge on any atom is 0.227 e. The summed E-state index contributed by atoms with van der Waals surface area (Å²) in [6, 6.07) is 10.1. The first kappa shape index (κ1) is 14.6. The number of amides is 1. The second-order valence-electron chi connectivity index (χ2n) is 7.06. The summed E-state index contributed by atoms with van der Waals surface area (Å²) < 4.78 is 0. The number of nitrogens with two attached hydrogens (primary N) is 1. The van der Waals surface area contributed by atoms with Gasteiger partial charge in [-0.05, 0) is 61.8 Å². The van der Waals surface area contributed by atoms with Gasteiger partial charge < -0.3 is 11.1 Å². The zero-order valence-electron chi connectivity index (χ0n) is 13.2. The molecule has 2 saturated carbocycles. The second-order valence-corrected chi connectivity index (χ2v) is 7.06. The van der Waals surface area contributed by atoms with Crippen molar-refractivity contribution in [3.05, 3.63) is 36.5 Å². The molecule has 120 valence electrons. The summed E-state index contributed by atoms with van der Waals surface area (Å²) >= 11 is 0. The molecule has 1 heterocycles. The van der Waals surface area contributed by atoms with Crippen LogP contribution in [0.1, 0.15) is 32.1 Å². The Morgan fingerprint density at radius 1 is 1.13 bits per heavy atom. The number of hydrogen-bond acceptors (Lipinski definition) is 3. The second kappa shape index (κ2) is 5.93. The van der Waals surface area contributed by atoms with Gasteiger partial charge in [0.15, 0.2) is 0 Å². The van der Waals surface area contributed by atoms with Crippen molar-refractivity contribution in [3.63, 3.8) is 0 Å². The predicted octanol–water partition coefficient (Wildman–Crippen LogP) is 3.33. The Kier molecular flexibility index (Phi) is 3.77. The monoisotopic (exact) mass is 309 g/mol. The lowest BCUT2D eigenvalue weighted by Gasteiger charge is -2.43. The van der Waals surface area contributed by atoms with Gasteiger partial charge in [0, 0.05) is 23.5 Å². The van der Waals surface area contributed by atoms with E-state index in [2.05, 4.69) is 10.3 Å². The molecule has 4 heteroatoms. The molecule has 0 saturated heterocycles. The Morgan fingerprint density at radius 3 is 2.70 bits per heavy atom. The van der Waals surface area contributed by atoms with Crippen LogP contribution < -0.4 is 11.1 Å². The fourth-order valence-electron chi connectivity index (χ4n) is 4.45. The van der Waals surface area contributed by atoms with Crippen LogP contribution in [-0.2, 0) is 4.79 Å². The Bertz CT molecular complexity index is 710. The van der Waals surface area contributed by atoms with Crippen molar-refractivity contribution in [1.82, 2.24) is 4.98 Å². The van der Waals surface area contributed by atoms with E-state index in [4.69, 9.17) is 5.73 Å². The lowest BCUT2D eigenvalue weighted by Crippen LogP contribution is -2.48. The van der Waals surface area contributed by atoms with E-state index in [-0.39, 0.29) is 11.8 Å². The Balaban J connectivity index is 1.53. The first-order chi connectivity index (χ1) is 11.2. The number of aromatic nitrogens is 1. The van der Waals surface area contributed by atoms with E-state index >= 15 is 0 Å². The minimum Gasteiger partial charge on any atom is -0.327 e. The summed E-state index contributed by atoms with van der Waals surface area (Å²) in [6.07, 6.45) is 7.28. The van der Waals surface area contributed by atoms with E-state index in [1.807, 2.05) is 30.3 Å². The van der Waals surface area contributed by atoms with Gasteiger partial charge in [-0.25, -0.2) is 0 Å². The maximum absolute atomic E-state index is 12.8. The topological polar surface area (TPSA) is 68.0 Å². The number of benzene rings is 1. The van der Waals surface area contributed by atoms with E-state index in [1.54, 1.807) is 6.20 Å². The number of nitrogens with zero attached hydrogens (tertiary/aromatic N) is 1. The average Bonchev–Trinajstić information content (AvgIpc) is 2.55. The van der Waals surface area contributed by atoms with Crippen LogP contribution in [0.15, 0.2) is 36.5 Å². The van der Waals surface area contributed by atoms with E-state index in [0.717, 1.165) is 29.4 Å². The molecule has 1 amide bonds. The van der Waals surface area contributed by atoms with Gasteiger partial charge in [0.1, 0.15) is 0 Å². The quantitative estimate of drug-likeness (QED) is 0.894. The highest BCUT2D eigenvalue weighted by molar-refractivity contribution is 6.01. The highest BCUT2D eigenvalue weighted by atomic mass is 16.1. The first-order valence-electron chi connectivity index (χ1n) is 8.62. The van der Waals surface area contributed by atoms with Crippen molar-refractivity contribution in [3.8, 4) is 0 Å². The van der Waals surface area contributed by atoms with Crippen LogP contribution in [0.3, 0.4) is 0 Å². The van der Waals surface area contributed by atoms with E-state index in [0.29, 0.717) is 17.9 Å². The fourth-order valence-corrected chi connectivity index (χ4v) is 4.45. The molecule has 2 aliphatic carbocycles. The summed E-state index contributed by atoms with van der Waals surface area (Å²) in [4.78, 5) is 17.1. The van der Waals surface area contributed by atoms with Gasteiger partial charge in [0.25, 0.3) is 0 Å². The van der Waals surface area contributed by atoms with Gasteiger partial charge in [-0.1, -0.05) is 12.5 Å². The van der Waals surface area contributed by atoms with Crippen molar-refractivity contribution in [1.29, 1.82) is 0 Å². The molecule has 2 aromatic rings. The Morgan fingerprint density at radius 2 is 1.91 bits per heavy atom. The molecule has 2 fully saturated rings. The predicted molar refractivity (Wildman–Crippen MR) is 91.9 cm³/mol. The van der Waals surface area contributed by atoms with Crippen LogP contribution in [0.5, 0.6) is 0 Å². The van der Waals surface area contributed by atoms with Crippen LogP contribution in [0.4, 0.5) is 5.69 Å². The number of carbonyl (C=O) groups excluding carboxylic acids is 1. The van der Waals surface area contributed by atoms with E-state index in [1.165, 1.54) is 19.3 Å². The van der Waals surface area contributed by atoms with Crippen LogP contribution in [0.2, 0.25) is 0 Å². The largest absolute Gasteiger partial charge is 0.327 e. The SMILES string of the molecule is NC1C2CCCC1CC(C(=O)Nc1cccc3ncccc13)C2. The molecule has 2 bridgehead atoms. The highest BCUT2D eigenvalue weighted by Crippen LogP contribution is 2.42. The van der Waals surface area contributed by atoms with Crippen molar-refractivity contribution >= 4 is 22.5 Å². The molecule has 2 unspecified atom stereocenters. The van der Waals surface area contributed by atoms with Gasteiger partial charge in [0.05, 0.1) is 11.2 Å². The van der Waals surface area contributed by atoms with Crippen molar-refractivity contribution in [2.75, 3.05) is 5.32 Å². The smallest absolute Gasteiger partial charge is 0.227 e. The summed E-state index contributed by atoms with van der Waals surface area (Å²) in [5.41, 5.74) is 8.11. The third-order valence-electron chi connectivity index (χ3n) is 5.69. The molecule has 4 nitrogen and oxygen atoms in total. The van der Waals surface area contributed by atoms with Crippen LogP contribution >= 0.6 is 0 Å². The summed E-state index contributed by atoms with van der Waals surface area (Å²) in [7, 11) is 0. The van der Waals surface area contributed by atoms with E-state index in [9.17, 15) is 4.79 Å². The Labute approximate surface area is 136 Å². The molecule has 2 aliphatic rings. The van der Waals surface area contributed by atoms with Gasteiger partial charge in [0.2, 0.25) is 5.91 Å². The van der Waals surface area contributed by atoms with Crippen molar-refractivity contribution < 1.29 is 4.79 Å². The number of nitrogens with one attached hydrogen (secondary N) is 1. The maximum atomic E-state index is 12.8. The number of fused-ring (bicyclic) bond motifs is 3. The lowest BCUT2D eigenvalue weighted by atomic mass is 9.65. The molecule has 0 radical (unpaired) electrons. The van der Waals surface area contributed by atoms with Crippen molar-refractivity contribution in [2.45, 2.75) is 38.1 Å². The minimum absolute atomic E-state index is 0.0945. The zero-order valence-corrected chi connectivity index (χ0v) is 13.2. The summed E-state index contributed by atoms with van der Waals surface area (Å²) in [5, 5.41) is 4.14. The highest BCUT2D eigenvalue weighted by Gasteiger charge is 2.40. The van der Waals surface area contributed by atoms with Gasteiger partial charge in [-0.15, -0.1) is 0 Å². The third kappa shape index (κ3) is 2.72. The molecule has 0 spiro atoms. The lowest BCUT2D eigenvalue weighted by molar-refractivity contribution is -0.122. The summed E-state index contributed by atoms with van der Waals surface area (Å²) in [6.45, 7) is 0. The Hall–Kier alpha value is -1.94. The molecule has 1 aromatic carbocycles. The average molecular weight is 309 g/mol. The van der Waals surface area contributed by atoms with Crippen LogP contribution in [0.25, 0.3) is 10.9 Å². The number of rotatable bonds is 2. The number of carbonyl (C=O) groups is 1. The third-order valence-corrected chi connectivity index (χ3v) is 5.69. The van der Waals surface area contributed by atoms with Crippen molar-refractivity contribution in [2.24, 2.45) is 23.5 Å². The molecule has 3 N–H and O–H groups in total. The number of anilines is 1. The molecule has 23 heavy (non-hydrogen) atoms. The van der Waals surface area contributed by atoms with Gasteiger partial charge in [-0.2, -0.15) is 0 Å². The van der Waals surface area contributed by atoms with Crippen LogP contribution in [0, 0.1) is 17.8 Å². The zero-order chi connectivity index (χ0) is 15.8. The molecule has 2 atom stereocenters. The number of pyridine rings is 1. The molecule has 0 aliphatic heterocycles. The summed E-state index contributed by atoms with van der Waals surface area (Å²) in [5.74, 6) is 1.28. The molecule has 4 rings (SSSR count). The molecular formula is C19H23N3O. The molecule has 1 aromatic heterocycles. The normalized spacial score (nSPS) is 30.1. The fraction of sp³-hybridized carbons (Fsp3) is 0.474. The number of hydrogen-bond donors (Lipinski definition) is 2. The van der Waals surface area contributed by atoms with E-state index < -0.39 is 0 Å². The first-order valence-corrected chi connectivity index (χ1v) is 8.62.